The molecule has 0 atom stereocenters. The van der Waals surface area contributed by atoms with Gasteiger partial charge in [-0.15, -0.1) is 13.2 Å². The molecule has 0 bridgehead atoms. The van der Waals surface area contributed by atoms with Crippen molar-refractivity contribution in [3.63, 3.8) is 0 Å². The molecule has 0 aromatic carbocycles. The zero-order valence-corrected chi connectivity index (χ0v) is 4.11. The van der Waals surface area contributed by atoms with Gasteiger partial charge in [0.1, 0.15) is 6.20 Å². The van der Waals surface area contributed by atoms with Crippen molar-refractivity contribution in [3.05, 3.63) is 18.7 Å². The maximum Gasteiger partial charge on any atom is 0.490 e. The van der Waals surface area contributed by atoms with E-state index in [4.69, 9.17) is 0 Å². The van der Waals surface area contributed by atoms with Gasteiger partial charge in [0.05, 0.1) is 0 Å². The Morgan fingerprint density at radius 1 is 1.44 bits per heavy atom. The molecule has 0 unspecified atom stereocenters. The first-order valence-corrected chi connectivity index (χ1v) is 2.01. The predicted octanol–water partition coefficient (Wildman–Crippen LogP) is 0.960. The first-order valence-electron chi connectivity index (χ1n) is 2.01. The second kappa shape index (κ2) is 1.75. The van der Waals surface area contributed by atoms with Crippen molar-refractivity contribution in [1.82, 2.24) is 9.55 Å². The summed E-state index contributed by atoms with van der Waals surface area (Å²) in [5, 5.41) is 0. The molecule has 2 radical (unpaired) electrons. The van der Waals surface area contributed by atoms with Gasteiger partial charge in [-0.3, -0.25) is 0 Å². The summed E-state index contributed by atoms with van der Waals surface area (Å²) in [5.74, 6) is 0. The van der Waals surface area contributed by atoms with Crippen LogP contribution in [0.3, 0.4) is 0 Å². The van der Waals surface area contributed by atoms with Crippen LogP contribution in [0.1, 0.15) is 0 Å². The molecule has 5 heteroatoms. The molecule has 1 aromatic heterocycles. The third-order valence-corrected chi connectivity index (χ3v) is 0.682. The van der Waals surface area contributed by atoms with E-state index in [-0.39, 0.29) is 4.57 Å². The van der Waals surface area contributed by atoms with E-state index in [1.165, 1.54) is 0 Å². The average molecular weight is 134 g/mol. The van der Waals surface area contributed by atoms with E-state index < -0.39 is 6.30 Å². The first kappa shape index (κ1) is 6.12. The number of nitrogens with zero attached hydrogens (tertiary/aromatic N) is 2. The number of aromatic nitrogens is 2. The first-order chi connectivity index (χ1) is 4.11. The highest BCUT2D eigenvalue weighted by Gasteiger charge is 2.29. The molecular formula is C4HF3N2. The zero-order valence-electron chi connectivity index (χ0n) is 4.11. The highest BCUT2D eigenvalue weighted by molar-refractivity contribution is 4.71. The molecule has 0 aliphatic carbocycles. The van der Waals surface area contributed by atoms with Crippen LogP contribution < -0.4 is 0 Å². The Hall–Kier alpha value is -1.00. The van der Waals surface area contributed by atoms with E-state index in [0.717, 1.165) is 0 Å². The van der Waals surface area contributed by atoms with Gasteiger partial charge in [-0.25, -0.2) is 9.55 Å². The van der Waals surface area contributed by atoms with E-state index in [1.54, 1.807) is 6.33 Å². The van der Waals surface area contributed by atoms with Crippen molar-refractivity contribution in [2.75, 3.05) is 0 Å². The number of alkyl halides is 3. The monoisotopic (exact) mass is 134 g/mol. The summed E-state index contributed by atoms with van der Waals surface area (Å²) >= 11 is 0. The number of hydrogen-bond donors (Lipinski definition) is 0. The fourth-order valence-corrected chi connectivity index (χ4v) is 0.328. The van der Waals surface area contributed by atoms with Crippen molar-refractivity contribution in [3.8, 4) is 0 Å². The summed E-state index contributed by atoms with van der Waals surface area (Å²) in [6, 6.07) is 0. The molecule has 48 valence electrons. The molecule has 0 aliphatic rings. The van der Waals surface area contributed by atoms with Crippen molar-refractivity contribution in [1.29, 1.82) is 0 Å². The SMILES string of the molecule is FC(F)(F)n1[c]n[c]c1. The summed E-state index contributed by atoms with van der Waals surface area (Å²) in [5.41, 5.74) is 0. The number of halogens is 3. The zero-order chi connectivity index (χ0) is 6.91. The Balaban J connectivity index is 2.90. The van der Waals surface area contributed by atoms with Gasteiger partial charge in [0.2, 0.25) is 0 Å². The van der Waals surface area contributed by atoms with Gasteiger partial charge >= 0.3 is 6.30 Å². The van der Waals surface area contributed by atoms with E-state index in [0.29, 0.717) is 6.20 Å². The largest absolute Gasteiger partial charge is 0.490 e. The smallest absolute Gasteiger partial charge is 0.238 e. The van der Waals surface area contributed by atoms with Crippen LogP contribution in [-0.4, -0.2) is 9.55 Å². The van der Waals surface area contributed by atoms with Crippen LogP contribution in [0.2, 0.25) is 0 Å². The van der Waals surface area contributed by atoms with Gasteiger partial charge in [-0.2, -0.15) is 0 Å². The molecule has 0 aliphatic heterocycles. The minimum absolute atomic E-state index is 0.104. The lowest BCUT2D eigenvalue weighted by molar-refractivity contribution is -0.204. The van der Waals surface area contributed by atoms with Crippen LogP contribution in [0.25, 0.3) is 0 Å². The Labute approximate surface area is 48.9 Å². The highest BCUT2D eigenvalue weighted by Crippen LogP contribution is 2.19. The third-order valence-electron chi connectivity index (χ3n) is 0.682. The average Bonchev–Trinajstić information content (AvgIpc) is 2.08. The molecule has 0 spiro atoms. The van der Waals surface area contributed by atoms with Crippen LogP contribution in [0.15, 0.2) is 6.20 Å². The maximum absolute atomic E-state index is 11.5. The molecule has 0 fully saturated rings. The fourth-order valence-electron chi connectivity index (χ4n) is 0.328. The topological polar surface area (TPSA) is 17.8 Å². The standard InChI is InChI=1S/C4HF3N2/c5-4(6,7)9-2-1-8-3-9/h2H. The maximum atomic E-state index is 11.5. The van der Waals surface area contributed by atoms with Crippen molar-refractivity contribution in [2.24, 2.45) is 0 Å². The summed E-state index contributed by atoms with van der Waals surface area (Å²) in [7, 11) is 0. The van der Waals surface area contributed by atoms with Crippen molar-refractivity contribution >= 4 is 0 Å². The summed E-state index contributed by atoms with van der Waals surface area (Å²) in [4.78, 5) is 2.98. The number of rotatable bonds is 0. The Morgan fingerprint density at radius 2 is 2.11 bits per heavy atom. The number of imidazole rings is 1. The molecule has 1 heterocycles. The molecule has 1 aromatic rings. The minimum Gasteiger partial charge on any atom is -0.238 e. The third kappa shape index (κ3) is 1.22. The van der Waals surface area contributed by atoms with Gasteiger partial charge in [0, 0.05) is 6.20 Å². The highest BCUT2D eigenvalue weighted by atomic mass is 19.4. The second-order valence-corrected chi connectivity index (χ2v) is 1.31. The summed E-state index contributed by atoms with van der Waals surface area (Å²) in [6.07, 6.45) is -0.106. The van der Waals surface area contributed by atoms with Crippen LogP contribution in [0, 0.1) is 12.5 Å². The second-order valence-electron chi connectivity index (χ2n) is 1.31. The lowest BCUT2D eigenvalue weighted by Gasteiger charge is -2.03. The molecule has 1 rings (SSSR count). The van der Waals surface area contributed by atoms with Crippen LogP contribution in [0.5, 0.6) is 0 Å². The van der Waals surface area contributed by atoms with Crippen molar-refractivity contribution in [2.45, 2.75) is 6.30 Å². The fraction of sp³-hybridized carbons (Fsp3) is 0.250. The van der Waals surface area contributed by atoms with Gasteiger partial charge in [-0.1, -0.05) is 0 Å². The lowest BCUT2D eigenvalue weighted by Crippen LogP contribution is -2.14. The minimum atomic E-state index is -4.41. The predicted molar refractivity (Wildman–Crippen MR) is 21.2 cm³/mol. The van der Waals surface area contributed by atoms with Gasteiger partial charge in [0.15, 0.2) is 6.33 Å². The molecule has 0 saturated heterocycles. The van der Waals surface area contributed by atoms with E-state index in [2.05, 4.69) is 4.98 Å². The normalized spacial score (nSPS) is 11.9. The van der Waals surface area contributed by atoms with Crippen molar-refractivity contribution < 1.29 is 13.2 Å². The quantitative estimate of drug-likeness (QED) is 0.516. The van der Waals surface area contributed by atoms with Crippen LogP contribution in [-0.2, 0) is 6.30 Å². The Morgan fingerprint density at radius 3 is 2.33 bits per heavy atom. The van der Waals surface area contributed by atoms with Gasteiger partial charge in [0.25, 0.3) is 0 Å². The van der Waals surface area contributed by atoms with E-state index in [9.17, 15) is 13.2 Å². The Kier molecular flexibility index (Phi) is 1.19. The molecular weight excluding hydrogens is 133 g/mol. The van der Waals surface area contributed by atoms with E-state index >= 15 is 0 Å². The summed E-state index contributed by atoms with van der Waals surface area (Å²) < 4.78 is 34.4. The van der Waals surface area contributed by atoms with Crippen LogP contribution >= 0.6 is 0 Å². The summed E-state index contributed by atoms with van der Waals surface area (Å²) in [6.45, 7) is 0. The van der Waals surface area contributed by atoms with Crippen LogP contribution in [0.4, 0.5) is 13.2 Å². The molecule has 0 amide bonds. The lowest BCUT2D eigenvalue weighted by atomic mass is 10.9. The molecule has 2 nitrogen and oxygen atoms in total. The molecule has 9 heavy (non-hydrogen) atoms. The van der Waals surface area contributed by atoms with Gasteiger partial charge in [-0.05, 0) is 0 Å². The molecule has 0 saturated carbocycles. The Bertz CT molecular complexity index is 176. The van der Waals surface area contributed by atoms with E-state index in [1.807, 2.05) is 6.20 Å². The molecule has 0 N–H and O–H groups in total. The van der Waals surface area contributed by atoms with Gasteiger partial charge < -0.3 is 0 Å². The number of hydrogen-bond acceptors (Lipinski definition) is 1.